The van der Waals surface area contributed by atoms with Gasteiger partial charge >= 0.3 is 5.97 Å². The highest BCUT2D eigenvalue weighted by Gasteiger charge is 2.34. The first-order valence-electron chi connectivity index (χ1n) is 18.6. The summed E-state index contributed by atoms with van der Waals surface area (Å²) < 4.78 is 11.1. The van der Waals surface area contributed by atoms with Gasteiger partial charge in [0, 0.05) is 12.0 Å². The number of esters is 1. The summed E-state index contributed by atoms with van der Waals surface area (Å²) in [5.74, 6) is -0.308. The van der Waals surface area contributed by atoms with E-state index in [1.165, 1.54) is 57.8 Å². The summed E-state index contributed by atoms with van der Waals surface area (Å²) in [5.41, 5.74) is 0.584. The molecule has 0 unspecified atom stereocenters. The minimum absolute atomic E-state index is 0.126. The number of cyclic esters (lactones) is 1. The van der Waals surface area contributed by atoms with E-state index in [1.807, 2.05) is 6.92 Å². The molecular formula is C37H68O7. The van der Waals surface area contributed by atoms with E-state index in [1.54, 1.807) is 6.08 Å². The smallest absolute Gasteiger partial charge is 0.334 e. The molecular weight excluding hydrogens is 556 g/mol. The van der Waals surface area contributed by atoms with Gasteiger partial charge in [0.1, 0.15) is 6.10 Å². The van der Waals surface area contributed by atoms with Crippen LogP contribution in [0, 0.1) is 0 Å². The third kappa shape index (κ3) is 17.6. The zero-order valence-corrected chi connectivity index (χ0v) is 28.3. The lowest BCUT2D eigenvalue weighted by Gasteiger charge is -2.22. The van der Waals surface area contributed by atoms with Gasteiger partial charge in [0.05, 0.1) is 36.6 Å². The van der Waals surface area contributed by atoms with Crippen molar-refractivity contribution in [2.45, 2.75) is 217 Å². The summed E-state index contributed by atoms with van der Waals surface area (Å²) in [7, 11) is 0. The van der Waals surface area contributed by atoms with Gasteiger partial charge in [0.2, 0.25) is 0 Å². The summed E-state index contributed by atoms with van der Waals surface area (Å²) in [6, 6.07) is 0. The molecule has 0 radical (unpaired) electrons. The molecule has 2 heterocycles. The third-order valence-corrected chi connectivity index (χ3v) is 9.61. The molecule has 7 atom stereocenters. The van der Waals surface area contributed by atoms with Crippen LogP contribution in [0.1, 0.15) is 174 Å². The molecule has 7 nitrogen and oxygen atoms in total. The largest absolute Gasteiger partial charge is 0.455 e. The first-order chi connectivity index (χ1) is 21.3. The normalized spacial score (nSPS) is 23.0. The van der Waals surface area contributed by atoms with Crippen molar-refractivity contribution in [1.82, 2.24) is 0 Å². The molecule has 0 spiro atoms. The fraction of sp³-hybridized carbons (Fsp3) is 0.919. The highest BCUT2D eigenvalue weighted by molar-refractivity contribution is 5.90. The molecule has 2 aliphatic heterocycles. The van der Waals surface area contributed by atoms with E-state index >= 15 is 0 Å². The van der Waals surface area contributed by atoms with E-state index in [-0.39, 0.29) is 30.4 Å². The first-order valence-corrected chi connectivity index (χ1v) is 18.6. The topological polar surface area (TPSA) is 116 Å². The van der Waals surface area contributed by atoms with Crippen molar-refractivity contribution < 1.29 is 34.7 Å². The van der Waals surface area contributed by atoms with Crippen molar-refractivity contribution >= 4 is 5.97 Å². The Kier molecular flexibility index (Phi) is 21.6. The van der Waals surface area contributed by atoms with E-state index in [9.17, 15) is 25.2 Å². The van der Waals surface area contributed by atoms with E-state index < -0.39 is 18.3 Å². The molecule has 0 aromatic rings. The fourth-order valence-electron chi connectivity index (χ4n) is 6.77. The van der Waals surface area contributed by atoms with Crippen LogP contribution in [0.3, 0.4) is 0 Å². The van der Waals surface area contributed by atoms with Gasteiger partial charge in [-0.05, 0) is 57.9 Å². The second-order valence-corrected chi connectivity index (χ2v) is 13.8. The number of carbonyl (C=O) groups excluding carboxylic acids is 1. The van der Waals surface area contributed by atoms with Gasteiger partial charge in [0.15, 0.2) is 0 Å². The van der Waals surface area contributed by atoms with Crippen LogP contribution in [0.5, 0.6) is 0 Å². The minimum atomic E-state index is -0.519. The summed E-state index contributed by atoms with van der Waals surface area (Å²) >= 11 is 0. The average Bonchev–Trinajstić information content (AvgIpc) is 3.61. The van der Waals surface area contributed by atoms with Crippen LogP contribution in [0.25, 0.3) is 0 Å². The Balaban J connectivity index is 1.38. The van der Waals surface area contributed by atoms with Crippen LogP contribution in [-0.2, 0) is 14.3 Å². The van der Waals surface area contributed by atoms with Crippen molar-refractivity contribution in [3.63, 3.8) is 0 Å². The summed E-state index contributed by atoms with van der Waals surface area (Å²) in [6.45, 7) is 4.08. The number of rotatable bonds is 28. The van der Waals surface area contributed by atoms with E-state index in [0.717, 1.165) is 89.9 Å². The van der Waals surface area contributed by atoms with Gasteiger partial charge in [-0.2, -0.15) is 0 Å². The van der Waals surface area contributed by atoms with Crippen LogP contribution in [0.2, 0.25) is 0 Å². The molecule has 0 aromatic carbocycles. The van der Waals surface area contributed by atoms with E-state index in [0.29, 0.717) is 18.4 Å². The number of ether oxygens (including phenoxy) is 2. The highest BCUT2D eigenvalue weighted by Crippen LogP contribution is 2.28. The van der Waals surface area contributed by atoms with Crippen LogP contribution in [0.4, 0.5) is 0 Å². The van der Waals surface area contributed by atoms with Crippen LogP contribution < -0.4 is 0 Å². The molecule has 2 aliphatic rings. The van der Waals surface area contributed by atoms with E-state index in [2.05, 4.69) is 6.92 Å². The maximum Gasteiger partial charge on any atom is 0.334 e. The molecule has 0 bridgehead atoms. The zero-order valence-electron chi connectivity index (χ0n) is 28.3. The zero-order chi connectivity index (χ0) is 32.0. The SMILES string of the molecule is CCCCCCCCCCCC[C@@H](O)[C@H]1CC[C@H]([C@H](O)CCCCCC[C@H](O)CCCCC[C@@H](O)CC2=C[C@H](C)OC2=O)O1. The molecule has 2 rings (SSSR count). The number of aliphatic hydroxyl groups is 4. The van der Waals surface area contributed by atoms with Crippen molar-refractivity contribution in [2.75, 3.05) is 0 Å². The molecule has 0 amide bonds. The number of aliphatic hydroxyl groups excluding tert-OH is 4. The summed E-state index contributed by atoms with van der Waals surface area (Å²) in [5, 5.41) is 41.7. The second-order valence-electron chi connectivity index (χ2n) is 13.8. The predicted octanol–water partition coefficient (Wildman–Crippen LogP) is 7.84. The van der Waals surface area contributed by atoms with Crippen molar-refractivity contribution in [1.29, 1.82) is 0 Å². The number of carbonyl (C=O) groups is 1. The van der Waals surface area contributed by atoms with Gasteiger partial charge in [0.25, 0.3) is 0 Å². The maximum atomic E-state index is 11.7. The Morgan fingerprint density at radius 2 is 1.05 bits per heavy atom. The van der Waals surface area contributed by atoms with Gasteiger partial charge in [-0.25, -0.2) is 4.79 Å². The number of hydrogen-bond donors (Lipinski definition) is 4. The Hall–Kier alpha value is -0.990. The Bertz CT molecular complexity index is 756. The number of hydrogen-bond acceptors (Lipinski definition) is 7. The van der Waals surface area contributed by atoms with Gasteiger partial charge in [-0.1, -0.05) is 116 Å². The Morgan fingerprint density at radius 1 is 0.636 bits per heavy atom. The Labute approximate surface area is 269 Å². The van der Waals surface area contributed by atoms with Gasteiger partial charge in [-0.15, -0.1) is 0 Å². The monoisotopic (exact) mass is 624 g/mol. The molecule has 0 aliphatic carbocycles. The highest BCUT2D eigenvalue weighted by atomic mass is 16.5. The fourth-order valence-corrected chi connectivity index (χ4v) is 6.77. The van der Waals surface area contributed by atoms with Crippen LogP contribution >= 0.6 is 0 Å². The predicted molar refractivity (Wildman–Crippen MR) is 177 cm³/mol. The van der Waals surface area contributed by atoms with E-state index in [4.69, 9.17) is 9.47 Å². The molecule has 0 saturated carbocycles. The molecule has 4 N–H and O–H groups in total. The van der Waals surface area contributed by atoms with Crippen LogP contribution in [-0.4, -0.2) is 69.1 Å². The van der Waals surface area contributed by atoms with Gasteiger partial charge in [-0.3, -0.25) is 0 Å². The number of unbranched alkanes of at least 4 members (excludes halogenated alkanes) is 14. The quantitative estimate of drug-likeness (QED) is 0.0518. The maximum absolute atomic E-state index is 11.7. The van der Waals surface area contributed by atoms with Gasteiger partial charge < -0.3 is 29.9 Å². The molecule has 1 saturated heterocycles. The minimum Gasteiger partial charge on any atom is -0.455 e. The molecule has 7 heteroatoms. The van der Waals surface area contributed by atoms with Crippen molar-refractivity contribution in [3.8, 4) is 0 Å². The molecule has 258 valence electrons. The third-order valence-electron chi connectivity index (χ3n) is 9.61. The second kappa shape index (κ2) is 24.2. The lowest BCUT2D eigenvalue weighted by molar-refractivity contribution is -0.139. The lowest BCUT2D eigenvalue weighted by Crippen LogP contribution is -2.31. The van der Waals surface area contributed by atoms with Crippen molar-refractivity contribution in [2.24, 2.45) is 0 Å². The molecule has 1 fully saturated rings. The summed E-state index contributed by atoms with van der Waals surface area (Å²) in [6.07, 6.45) is 25.3. The van der Waals surface area contributed by atoms with Crippen LogP contribution in [0.15, 0.2) is 11.6 Å². The Morgan fingerprint density at radius 3 is 1.50 bits per heavy atom. The standard InChI is InChI=1S/C37H68O7/c1-3-4-5-6-7-8-9-10-11-18-23-33(40)35-25-26-36(44-35)34(41)24-19-13-12-15-20-31(38)21-16-14-17-22-32(39)28-30-27-29(2)43-37(30)42/h27,29,31-36,38-41H,3-26,28H2,1-2H3/t29-,31-,32+,33+,34+,35+,36+/m0/s1. The first kappa shape index (κ1) is 39.2. The molecule has 44 heavy (non-hydrogen) atoms. The molecule has 0 aromatic heterocycles. The lowest BCUT2D eigenvalue weighted by atomic mass is 9.99. The van der Waals surface area contributed by atoms with Crippen molar-refractivity contribution in [3.05, 3.63) is 11.6 Å². The average molecular weight is 625 g/mol. The summed E-state index contributed by atoms with van der Waals surface area (Å²) in [4.78, 5) is 11.7.